The van der Waals surface area contributed by atoms with Crippen LogP contribution in [0.1, 0.15) is 20.9 Å². The molecule has 0 saturated heterocycles. The molecule has 0 spiro atoms. The van der Waals surface area contributed by atoms with Crippen LogP contribution in [0.2, 0.25) is 0 Å². The summed E-state index contributed by atoms with van der Waals surface area (Å²) in [7, 11) is 1.86. The van der Waals surface area contributed by atoms with E-state index in [-0.39, 0.29) is 5.91 Å². The molecule has 1 aliphatic heterocycles. The van der Waals surface area contributed by atoms with Gasteiger partial charge in [0.15, 0.2) is 0 Å². The van der Waals surface area contributed by atoms with Crippen LogP contribution in [0, 0.1) is 6.92 Å². The molecule has 0 fully saturated rings. The number of thiophene rings is 1. The number of carbonyl (C=O) groups is 1. The average Bonchev–Trinajstić information content (AvgIpc) is 3.01. The Kier molecular flexibility index (Phi) is 3.27. The summed E-state index contributed by atoms with van der Waals surface area (Å²) >= 11 is 1.52. The van der Waals surface area contributed by atoms with Gasteiger partial charge >= 0.3 is 0 Å². The Morgan fingerprint density at radius 3 is 2.83 bits per heavy atom. The minimum atomic E-state index is 0.102. The Morgan fingerprint density at radius 1 is 1.13 bits per heavy atom. The van der Waals surface area contributed by atoms with Gasteiger partial charge in [-0.2, -0.15) is 0 Å². The largest absolute Gasteiger partial charge is 0.337 e. The van der Waals surface area contributed by atoms with E-state index in [1.54, 1.807) is 4.90 Å². The van der Waals surface area contributed by atoms with Crippen molar-refractivity contribution in [3.63, 3.8) is 0 Å². The number of pyridine rings is 1. The molecule has 23 heavy (non-hydrogen) atoms. The van der Waals surface area contributed by atoms with E-state index >= 15 is 0 Å². The van der Waals surface area contributed by atoms with E-state index in [0.29, 0.717) is 6.54 Å². The first-order valence-electron chi connectivity index (χ1n) is 7.53. The summed E-state index contributed by atoms with van der Waals surface area (Å²) < 4.78 is 0. The zero-order chi connectivity index (χ0) is 16.0. The summed E-state index contributed by atoms with van der Waals surface area (Å²) in [6.07, 6.45) is 1.81. The van der Waals surface area contributed by atoms with Crippen molar-refractivity contribution in [2.75, 3.05) is 7.05 Å². The van der Waals surface area contributed by atoms with Crippen LogP contribution in [0.3, 0.4) is 0 Å². The third-order valence-corrected chi connectivity index (χ3v) is 5.23. The summed E-state index contributed by atoms with van der Waals surface area (Å²) in [6, 6.07) is 12.5. The molecule has 0 unspecified atom stereocenters. The fourth-order valence-electron chi connectivity index (χ4n) is 3.11. The number of carbonyl (C=O) groups excluding carboxylic acids is 1. The predicted molar refractivity (Wildman–Crippen MR) is 93.5 cm³/mol. The van der Waals surface area contributed by atoms with Crippen molar-refractivity contribution < 1.29 is 4.79 Å². The van der Waals surface area contributed by atoms with Crippen LogP contribution in [0.25, 0.3) is 22.3 Å². The van der Waals surface area contributed by atoms with E-state index in [0.717, 1.165) is 32.8 Å². The lowest BCUT2D eigenvalue weighted by molar-refractivity contribution is 0.0793. The van der Waals surface area contributed by atoms with E-state index < -0.39 is 0 Å². The van der Waals surface area contributed by atoms with Crippen LogP contribution < -0.4 is 0 Å². The molecule has 2 aromatic heterocycles. The van der Waals surface area contributed by atoms with Crippen molar-refractivity contribution in [1.29, 1.82) is 0 Å². The van der Waals surface area contributed by atoms with E-state index in [2.05, 4.69) is 35.3 Å². The maximum Gasteiger partial charge on any atom is 0.264 e. The van der Waals surface area contributed by atoms with Gasteiger partial charge in [0.05, 0.1) is 4.88 Å². The van der Waals surface area contributed by atoms with Crippen LogP contribution in [-0.4, -0.2) is 22.8 Å². The Balaban J connectivity index is 1.94. The molecular weight excluding hydrogens is 304 g/mol. The summed E-state index contributed by atoms with van der Waals surface area (Å²) in [5.74, 6) is 0.102. The Hall–Kier alpha value is -2.46. The molecule has 0 atom stereocenters. The normalized spacial score (nSPS) is 13.5. The lowest BCUT2D eigenvalue weighted by Crippen LogP contribution is -2.24. The second kappa shape index (κ2) is 5.32. The van der Waals surface area contributed by atoms with E-state index in [9.17, 15) is 4.79 Å². The Labute approximate surface area is 139 Å². The van der Waals surface area contributed by atoms with Gasteiger partial charge in [-0.25, -0.2) is 0 Å². The van der Waals surface area contributed by atoms with E-state index in [4.69, 9.17) is 0 Å². The van der Waals surface area contributed by atoms with Gasteiger partial charge in [-0.1, -0.05) is 18.2 Å². The summed E-state index contributed by atoms with van der Waals surface area (Å²) in [5.41, 5.74) is 6.67. The van der Waals surface area contributed by atoms with Crippen molar-refractivity contribution in [3.05, 3.63) is 64.1 Å². The molecule has 4 heteroatoms. The molecule has 4 rings (SSSR count). The topological polar surface area (TPSA) is 33.2 Å². The highest BCUT2D eigenvalue weighted by Gasteiger charge is 2.25. The molecule has 0 radical (unpaired) electrons. The first-order valence-corrected chi connectivity index (χ1v) is 8.41. The number of aryl methyl sites for hydroxylation is 1. The van der Waals surface area contributed by atoms with Gasteiger partial charge < -0.3 is 4.90 Å². The van der Waals surface area contributed by atoms with Gasteiger partial charge in [-0.15, -0.1) is 11.3 Å². The molecule has 114 valence electrons. The van der Waals surface area contributed by atoms with Gasteiger partial charge in [0, 0.05) is 36.6 Å². The highest BCUT2D eigenvalue weighted by atomic mass is 32.1. The standard InChI is InChI=1S/C19H16N2OS/c1-12-15(4-3-8-20-12)13-5-6-14-11-21(2)19(22)18-16(7-9-23-18)17(14)10-13/h3-10H,11H2,1-2H3. The average molecular weight is 320 g/mol. The SMILES string of the molecule is Cc1ncccc1-c1ccc2c(c1)-c1ccsc1C(=O)N(C)C2. The minimum absolute atomic E-state index is 0.102. The van der Waals surface area contributed by atoms with Gasteiger partial charge in [0.2, 0.25) is 0 Å². The second-order valence-corrected chi connectivity index (χ2v) is 6.75. The van der Waals surface area contributed by atoms with Crippen LogP contribution >= 0.6 is 11.3 Å². The molecule has 1 aliphatic rings. The highest BCUT2D eigenvalue weighted by molar-refractivity contribution is 7.12. The first-order chi connectivity index (χ1) is 11.1. The van der Waals surface area contributed by atoms with Crippen LogP contribution in [0.5, 0.6) is 0 Å². The number of nitrogens with zero attached hydrogens (tertiary/aromatic N) is 2. The number of hydrogen-bond donors (Lipinski definition) is 0. The van der Waals surface area contributed by atoms with Crippen molar-refractivity contribution in [3.8, 4) is 22.3 Å². The smallest absolute Gasteiger partial charge is 0.264 e. The summed E-state index contributed by atoms with van der Waals surface area (Å²) in [4.78, 5) is 19.5. The van der Waals surface area contributed by atoms with Gasteiger partial charge in [0.25, 0.3) is 5.91 Å². The third-order valence-electron chi connectivity index (χ3n) is 4.33. The van der Waals surface area contributed by atoms with Crippen molar-refractivity contribution in [2.24, 2.45) is 0 Å². The molecule has 1 amide bonds. The number of hydrogen-bond acceptors (Lipinski definition) is 3. The number of rotatable bonds is 1. The van der Waals surface area contributed by atoms with Crippen LogP contribution in [0.4, 0.5) is 0 Å². The fourth-order valence-corrected chi connectivity index (χ4v) is 4.01. The number of benzene rings is 1. The Morgan fingerprint density at radius 2 is 2.00 bits per heavy atom. The molecule has 0 aliphatic carbocycles. The molecule has 3 aromatic rings. The lowest BCUT2D eigenvalue weighted by atomic mass is 9.95. The summed E-state index contributed by atoms with van der Waals surface area (Å²) in [5, 5.41) is 1.99. The van der Waals surface area contributed by atoms with E-state index in [1.165, 1.54) is 16.9 Å². The monoisotopic (exact) mass is 320 g/mol. The summed E-state index contributed by atoms with van der Waals surface area (Å²) in [6.45, 7) is 2.66. The maximum absolute atomic E-state index is 12.5. The Bertz CT molecular complexity index is 913. The zero-order valence-corrected chi connectivity index (χ0v) is 13.9. The number of amides is 1. The molecule has 0 bridgehead atoms. The van der Waals surface area contributed by atoms with Crippen molar-refractivity contribution in [2.45, 2.75) is 13.5 Å². The van der Waals surface area contributed by atoms with Gasteiger partial charge in [0.1, 0.15) is 0 Å². The molecule has 1 aromatic carbocycles. The minimum Gasteiger partial charge on any atom is -0.337 e. The maximum atomic E-state index is 12.5. The van der Waals surface area contributed by atoms with Gasteiger partial charge in [-0.05, 0) is 47.2 Å². The number of aromatic nitrogens is 1. The molecule has 0 saturated carbocycles. The molecule has 3 nitrogen and oxygen atoms in total. The first kappa shape index (κ1) is 14.2. The quantitative estimate of drug-likeness (QED) is 0.667. The third kappa shape index (κ3) is 2.26. The zero-order valence-electron chi connectivity index (χ0n) is 13.0. The van der Waals surface area contributed by atoms with Crippen molar-refractivity contribution >= 4 is 17.2 Å². The van der Waals surface area contributed by atoms with Gasteiger partial charge in [-0.3, -0.25) is 9.78 Å². The fraction of sp³-hybridized carbons (Fsp3) is 0.158. The van der Waals surface area contributed by atoms with E-state index in [1.807, 2.05) is 31.6 Å². The predicted octanol–water partition coefficient (Wildman–Crippen LogP) is 4.37. The number of fused-ring (bicyclic) bond motifs is 3. The molecule has 0 N–H and O–H groups in total. The van der Waals surface area contributed by atoms with Crippen LogP contribution in [0.15, 0.2) is 48.0 Å². The molecular formula is C19H16N2OS. The second-order valence-electron chi connectivity index (χ2n) is 5.83. The highest BCUT2D eigenvalue weighted by Crippen LogP contribution is 2.37. The molecule has 3 heterocycles. The van der Waals surface area contributed by atoms with Crippen molar-refractivity contribution in [1.82, 2.24) is 9.88 Å². The van der Waals surface area contributed by atoms with Crippen LogP contribution in [-0.2, 0) is 6.54 Å². The lowest BCUT2D eigenvalue weighted by Gasteiger charge is -2.15.